The summed E-state index contributed by atoms with van der Waals surface area (Å²) in [4.78, 5) is 11.2. The number of nitrogens with zero attached hydrogens (tertiary/aromatic N) is 1. The summed E-state index contributed by atoms with van der Waals surface area (Å²) in [6, 6.07) is 0. The van der Waals surface area contributed by atoms with Gasteiger partial charge in [0.1, 0.15) is 5.84 Å². The van der Waals surface area contributed by atoms with Crippen LogP contribution in [0.15, 0.2) is 5.16 Å². The zero-order valence-corrected chi connectivity index (χ0v) is 7.71. The summed E-state index contributed by atoms with van der Waals surface area (Å²) in [5.74, 6) is -0.238. The van der Waals surface area contributed by atoms with Crippen molar-refractivity contribution in [3.63, 3.8) is 0 Å². The van der Waals surface area contributed by atoms with E-state index in [9.17, 15) is 4.79 Å². The Bertz CT molecular complexity index is 234. The smallest absolute Gasteiger partial charge is 0.228 e. The van der Waals surface area contributed by atoms with Crippen LogP contribution in [-0.4, -0.2) is 22.5 Å². The quantitative estimate of drug-likeness (QED) is 0.254. The van der Waals surface area contributed by atoms with Crippen LogP contribution in [0.3, 0.4) is 0 Å². The fourth-order valence-corrected chi connectivity index (χ4v) is 1.41. The van der Waals surface area contributed by atoms with Gasteiger partial charge in [-0.05, 0) is 26.2 Å². The van der Waals surface area contributed by atoms with Gasteiger partial charge in [-0.2, -0.15) is 0 Å². The van der Waals surface area contributed by atoms with Crippen LogP contribution in [0.4, 0.5) is 0 Å². The lowest BCUT2D eigenvalue weighted by Gasteiger charge is -2.39. The number of oxime groups is 1. The lowest BCUT2D eigenvalue weighted by Crippen LogP contribution is -2.51. The standard InChI is InChI=1S/C8H15N3O2/c1-8(3-2-4-8)10-7(12)5-6(9)11-13/h13H,2-5H2,1H3,(H2,9,11)(H,10,12). The third kappa shape index (κ3) is 2.61. The first-order valence-electron chi connectivity index (χ1n) is 4.33. The van der Waals surface area contributed by atoms with Crippen LogP contribution in [-0.2, 0) is 4.79 Å². The highest BCUT2D eigenvalue weighted by molar-refractivity contribution is 5.98. The van der Waals surface area contributed by atoms with Crippen molar-refractivity contribution >= 4 is 11.7 Å². The van der Waals surface area contributed by atoms with Crippen molar-refractivity contribution in [3.8, 4) is 0 Å². The van der Waals surface area contributed by atoms with Crippen molar-refractivity contribution in [1.82, 2.24) is 5.32 Å². The predicted octanol–water partition coefficient (Wildman–Crippen LogP) is 0.182. The van der Waals surface area contributed by atoms with Gasteiger partial charge in [0.25, 0.3) is 0 Å². The number of amidine groups is 1. The van der Waals surface area contributed by atoms with Gasteiger partial charge < -0.3 is 16.3 Å². The van der Waals surface area contributed by atoms with E-state index in [1.54, 1.807) is 0 Å². The minimum Gasteiger partial charge on any atom is -0.409 e. The number of carbonyl (C=O) groups excluding carboxylic acids is 1. The Morgan fingerprint density at radius 1 is 1.69 bits per heavy atom. The molecule has 1 rings (SSSR count). The van der Waals surface area contributed by atoms with Crippen molar-refractivity contribution < 1.29 is 10.0 Å². The Hall–Kier alpha value is -1.26. The number of nitrogens with one attached hydrogen (secondary N) is 1. The second-order valence-electron chi connectivity index (χ2n) is 3.73. The first-order valence-corrected chi connectivity index (χ1v) is 4.33. The molecule has 0 aromatic carbocycles. The molecule has 1 aliphatic carbocycles. The molecular formula is C8H15N3O2. The summed E-state index contributed by atoms with van der Waals surface area (Å²) >= 11 is 0. The lowest BCUT2D eigenvalue weighted by molar-refractivity contribution is -0.122. The summed E-state index contributed by atoms with van der Waals surface area (Å²) in [7, 11) is 0. The molecule has 0 unspecified atom stereocenters. The van der Waals surface area contributed by atoms with Crippen LogP contribution in [0.2, 0.25) is 0 Å². The molecule has 0 aromatic rings. The van der Waals surface area contributed by atoms with E-state index in [2.05, 4.69) is 10.5 Å². The van der Waals surface area contributed by atoms with E-state index < -0.39 is 0 Å². The molecule has 0 radical (unpaired) electrons. The van der Waals surface area contributed by atoms with Crippen LogP contribution in [0.1, 0.15) is 32.6 Å². The predicted molar refractivity (Wildman–Crippen MR) is 48.4 cm³/mol. The second kappa shape index (κ2) is 3.64. The van der Waals surface area contributed by atoms with Crippen molar-refractivity contribution in [1.29, 1.82) is 0 Å². The number of amides is 1. The normalized spacial score (nSPS) is 20.5. The Morgan fingerprint density at radius 2 is 2.31 bits per heavy atom. The topological polar surface area (TPSA) is 87.7 Å². The number of carbonyl (C=O) groups is 1. The van der Waals surface area contributed by atoms with Crippen molar-refractivity contribution in [2.45, 2.75) is 38.1 Å². The fourth-order valence-electron chi connectivity index (χ4n) is 1.41. The van der Waals surface area contributed by atoms with E-state index in [0.29, 0.717) is 0 Å². The summed E-state index contributed by atoms with van der Waals surface area (Å²) in [5.41, 5.74) is 5.13. The molecule has 1 aliphatic rings. The van der Waals surface area contributed by atoms with E-state index in [1.165, 1.54) is 0 Å². The van der Waals surface area contributed by atoms with Gasteiger partial charge in [0.15, 0.2) is 0 Å². The number of nitrogens with two attached hydrogens (primary N) is 1. The Kier molecular flexibility index (Phi) is 2.75. The van der Waals surface area contributed by atoms with Crippen LogP contribution in [0.5, 0.6) is 0 Å². The largest absolute Gasteiger partial charge is 0.409 e. The van der Waals surface area contributed by atoms with E-state index >= 15 is 0 Å². The molecule has 5 nitrogen and oxygen atoms in total. The van der Waals surface area contributed by atoms with Crippen molar-refractivity contribution in [3.05, 3.63) is 0 Å². The van der Waals surface area contributed by atoms with E-state index in [4.69, 9.17) is 10.9 Å². The SMILES string of the molecule is CC1(NC(=O)CC(N)=NO)CCC1. The van der Waals surface area contributed by atoms with Gasteiger partial charge in [0.05, 0.1) is 6.42 Å². The lowest BCUT2D eigenvalue weighted by atomic mass is 9.78. The van der Waals surface area contributed by atoms with Gasteiger partial charge in [-0.1, -0.05) is 5.16 Å². The fraction of sp³-hybridized carbons (Fsp3) is 0.750. The van der Waals surface area contributed by atoms with E-state index in [-0.39, 0.29) is 23.7 Å². The number of rotatable bonds is 3. The van der Waals surface area contributed by atoms with Crippen LogP contribution in [0.25, 0.3) is 0 Å². The van der Waals surface area contributed by atoms with Gasteiger partial charge in [-0.15, -0.1) is 0 Å². The molecule has 1 fully saturated rings. The highest BCUT2D eigenvalue weighted by Gasteiger charge is 2.32. The molecular weight excluding hydrogens is 170 g/mol. The molecule has 0 aromatic heterocycles. The highest BCUT2D eigenvalue weighted by Crippen LogP contribution is 2.30. The molecule has 13 heavy (non-hydrogen) atoms. The van der Waals surface area contributed by atoms with Crippen molar-refractivity contribution in [2.24, 2.45) is 10.9 Å². The van der Waals surface area contributed by atoms with Gasteiger partial charge in [-0.3, -0.25) is 4.79 Å². The van der Waals surface area contributed by atoms with Crippen LogP contribution < -0.4 is 11.1 Å². The minimum absolute atomic E-state index is 0.0356. The summed E-state index contributed by atoms with van der Waals surface area (Å²) in [6.07, 6.45) is 3.14. The Labute approximate surface area is 77.0 Å². The molecule has 0 heterocycles. The third-order valence-electron chi connectivity index (χ3n) is 2.37. The van der Waals surface area contributed by atoms with Gasteiger partial charge in [-0.25, -0.2) is 0 Å². The zero-order valence-electron chi connectivity index (χ0n) is 7.71. The Balaban J connectivity index is 2.33. The molecule has 4 N–H and O–H groups in total. The first kappa shape index (κ1) is 9.83. The molecule has 5 heteroatoms. The molecule has 0 bridgehead atoms. The summed E-state index contributed by atoms with van der Waals surface area (Å²) < 4.78 is 0. The first-order chi connectivity index (χ1) is 6.06. The zero-order chi connectivity index (χ0) is 9.90. The molecule has 0 atom stereocenters. The van der Waals surface area contributed by atoms with Gasteiger partial charge in [0.2, 0.25) is 5.91 Å². The average Bonchev–Trinajstić information content (AvgIpc) is 2.01. The number of hydrogen-bond donors (Lipinski definition) is 3. The Morgan fingerprint density at radius 3 is 2.69 bits per heavy atom. The maximum Gasteiger partial charge on any atom is 0.228 e. The average molecular weight is 185 g/mol. The molecule has 1 saturated carbocycles. The second-order valence-corrected chi connectivity index (χ2v) is 3.73. The van der Waals surface area contributed by atoms with Gasteiger partial charge in [0, 0.05) is 5.54 Å². The van der Waals surface area contributed by atoms with Crippen LogP contribution >= 0.6 is 0 Å². The third-order valence-corrected chi connectivity index (χ3v) is 2.37. The highest BCUT2D eigenvalue weighted by atomic mass is 16.4. The summed E-state index contributed by atoms with van der Waals surface area (Å²) in [6.45, 7) is 2.00. The maximum absolute atomic E-state index is 11.2. The molecule has 1 amide bonds. The molecule has 0 saturated heterocycles. The van der Waals surface area contributed by atoms with E-state index in [0.717, 1.165) is 19.3 Å². The summed E-state index contributed by atoms with van der Waals surface area (Å²) in [5, 5.41) is 13.8. The minimum atomic E-state index is -0.183. The molecule has 0 spiro atoms. The van der Waals surface area contributed by atoms with Crippen LogP contribution in [0, 0.1) is 0 Å². The molecule has 0 aliphatic heterocycles. The van der Waals surface area contributed by atoms with Gasteiger partial charge >= 0.3 is 0 Å². The monoisotopic (exact) mass is 185 g/mol. The maximum atomic E-state index is 11.2. The number of hydrogen-bond acceptors (Lipinski definition) is 3. The molecule has 74 valence electrons. The van der Waals surface area contributed by atoms with Crippen molar-refractivity contribution in [2.75, 3.05) is 0 Å². The van der Waals surface area contributed by atoms with E-state index in [1.807, 2.05) is 6.92 Å².